The summed E-state index contributed by atoms with van der Waals surface area (Å²) in [5.74, 6) is -0.317. The van der Waals surface area contributed by atoms with Crippen LogP contribution in [0.15, 0.2) is 49.1 Å². The molecule has 0 radical (unpaired) electrons. The Morgan fingerprint density at radius 2 is 1.93 bits per heavy atom. The van der Waals surface area contributed by atoms with E-state index in [1.807, 2.05) is 17.8 Å². The molecule has 0 bridgehead atoms. The lowest BCUT2D eigenvalue weighted by Crippen LogP contribution is -2.11. The molecule has 2 N–H and O–H groups in total. The van der Waals surface area contributed by atoms with E-state index < -0.39 is 0 Å². The predicted molar refractivity (Wildman–Crippen MR) is 111 cm³/mol. The predicted octanol–water partition coefficient (Wildman–Crippen LogP) is 4.10. The molecule has 0 saturated carbocycles. The summed E-state index contributed by atoms with van der Waals surface area (Å²) in [6, 6.07) is 6.83. The van der Waals surface area contributed by atoms with Gasteiger partial charge in [-0.1, -0.05) is 29.3 Å². The number of hydrogen-bond acceptors (Lipinski definition) is 4. The van der Waals surface area contributed by atoms with Crippen LogP contribution in [0.25, 0.3) is 11.3 Å². The summed E-state index contributed by atoms with van der Waals surface area (Å²) >= 11 is 12.0. The summed E-state index contributed by atoms with van der Waals surface area (Å²) < 4.78 is 3.59. The van der Waals surface area contributed by atoms with Crippen LogP contribution in [0.2, 0.25) is 10.0 Å². The zero-order chi connectivity index (χ0) is 20.4. The fourth-order valence-electron chi connectivity index (χ4n) is 2.80. The first-order valence-corrected chi connectivity index (χ1v) is 9.63. The average molecular weight is 430 g/mol. The molecule has 0 saturated heterocycles. The minimum absolute atomic E-state index is 0.317. The second kappa shape index (κ2) is 8.10. The van der Waals surface area contributed by atoms with Crippen molar-refractivity contribution in [3.8, 4) is 11.3 Å². The normalized spacial score (nSPS) is 11.0. The number of H-pyrrole nitrogens is 1. The van der Waals surface area contributed by atoms with Crippen molar-refractivity contribution in [2.45, 2.75) is 20.0 Å². The first kappa shape index (κ1) is 19.2. The maximum absolute atomic E-state index is 12.5. The third-order valence-corrected chi connectivity index (χ3v) is 5.02. The van der Waals surface area contributed by atoms with Gasteiger partial charge in [-0.3, -0.25) is 19.3 Å². The molecule has 4 aromatic rings. The fourth-order valence-corrected chi connectivity index (χ4v) is 3.10. The highest BCUT2D eigenvalue weighted by molar-refractivity contribution is 6.42. The molecule has 1 aromatic carbocycles. The molecule has 3 heterocycles. The zero-order valence-corrected chi connectivity index (χ0v) is 16.9. The van der Waals surface area contributed by atoms with Crippen LogP contribution in [-0.2, 0) is 13.1 Å². The summed E-state index contributed by atoms with van der Waals surface area (Å²) in [5.41, 5.74) is 3.30. The molecule has 148 valence electrons. The van der Waals surface area contributed by atoms with Gasteiger partial charge in [0.1, 0.15) is 5.69 Å². The van der Waals surface area contributed by atoms with E-state index in [9.17, 15) is 4.79 Å². The number of carbonyl (C=O) groups is 1. The van der Waals surface area contributed by atoms with E-state index in [2.05, 4.69) is 25.7 Å². The summed E-state index contributed by atoms with van der Waals surface area (Å²) in [6.07, 6.45) is 7.13. The Morgan fingerprint density at radius 1 is 1.10 bits per heavy atom. The van der Waals surface area contributed by atoms with E-state index in [1.54, 1.807) is 47.5 Å². The van der Waals surface area contributed by atoms with Crippen molar-refractivity contribution in [2.75, 3.05) is 5.32 Å². The molecular weight excluding hydrogens is 413 g/mol. The summed E-state index contributed by atoms with van der Waals surface area (Å²) in [5, 5.41) is 19.1. The molecule has 0 fully saturated rings. The van der Waals surface area contributed by atoms with E-state index in [0.717, 1.165) is 17.7 Å². The van der Waals surface area contributed by atoms with Crippen molar-refractivity contribution >= 4 is 34.8 Å². The molecule has 29 heavy (non-hydrogen) atoms. The number of aromatic amines is 1. The molecule has 3 aromatic heterocycles. The highest BCUT2D eigenvalue weighted by Gasteiger charge is 2.13. The molecule has 0 unspecified atom stereocenters. The average Bonchev–Trinajstić information content (AvgIpc) is 3.45. The van der Waals surface area contributed by atoms with Gasteiger partial charge in [0.2, 0.25) is 0 Å². The lowest BCUT2D eigenvalue weighted by molar-refractivity contribution is 0.102. The summed E-state index contributed by atoms with van der Waals surface area (Å²) in [6.45, 7) is 3.41. The number of amides is 1. The Bertz CT molecular complexity index is 1160. The number of aromatic nitrogens is 6. The fraction of sp³-hybridized carbons (Fsp3) is 0.158. The second-order valence-corrected chi connectivity index (χ2v) is 7.20. The minimum atomic E-state index is -0.317. The molecule has 1 amide bonds. The maximum Gasteiger partial charge on any atom is 0.273 e. The SMILES string of the molecule is CCn1cc(Cn2cc(NC(=O)c3cc(-c4ccc(Cl)c(Cl)c4)n[nH]3)cn2)cn1. The Balaban J connectivity index is 1.42. The number of halogens is 2. The van der Waals surface area contributed by atoms with Crippen LogP contribution in [0.4, 0.5) is 5.69 Å². The van der Waals surface area contributed by atoms with Crippen LogP contribution in [-0.4, -0.2) is 35.7 Å². The van der Waals surface area contributed by atoms with Gasteiger partial charge in [-0.25, -0.2) is 0 Å². The van der Waals surface area contributed by atoms with E-state index in [1.165, 1.54) is 0 Å². The monoisotopic (exact) mass is 429 g/mol. The molecular formula is C19H17Cl2N7O. The Hall–Kier alpha value is -3.10. The van der Waals surface area contributed by atoms with Gasteiger partial charge < -0.3 is 5.32 Å². The van der Waals surface area contributed by atoms with Gasteiger partial charge in [-0.05, 0) is 25.1 Å². The van der Waals surface area contributed by atoms with Crippen LogP contribution < -0.4 is 5.32 Å². The van der Waals surface area contributed by atoms with Gasteiger partial charge >= 0.3 is 0 Å². The standard InChI is InChI=1S/C19H17Cl2N7O/c1-2-27-9-12(7-22-27)10-28-11-14(8-23-28)24-19(29)18-6-17(25-26-18)13-3-4-15(20)16(21)5-13/h3-9,11H,2,10H2,1H3,(H,24,29)(H,25,26). The van der Waals surface area contributed by atoms with Crippen molar-refractivity contribution in [3.05, 3.63) is 70.4 Å². The summed E-state index contributed by atoms with van der Waals surface area (Å²) in [7, 11) is 0. The largest absolute Gasteiger partial charge is 0.318 e. The summed E-state index contributed by atoms with van der Waals surface area (Å²) in [4.78, 5) is 12.5. The molecule has 0 aliphatic rings. The molecule has 0 aliphatic carbocycles. The van der Waals surface area contributed by atoms with Crippen molar-refractivity contribution in [3.63, 3.8) is 0 Å². The topological polar surface area (TPSA) is 93.4 Å². The second-order valence-electron chi connectivity index (χ2n) is 6.38. The van der Waals surface area contributed by atoms with Gasteiger partial charge in [0.15, 0.2) is 0 Å². The smallest absolute Gasteiger partial charge is 0.273 e. The van der Waals surface area contributed by atoms with Crippen LogP contribution in [0.5, 0.6) is 0 Å². The Morgan fingerprint density at radius 3 is 2.69 bits per heavy atom. The molecule has 10 heteroatoms. The highest BCUT2D eigenvalue weighted by atomic mass is 35.5. The Labute approximate surface area is 176 Å². The lowest BCUT2D eigenvalue weighted by Gasteiger charge is -2.00. The van der Waals surface area contributed by atoms with E-state index in [-0.39, 0.29) is 5.91 Å². The van der Waals surface area contributed by atoms with Crippen molar-refractivity contribution in [2.24, 2.45) is 0 Å². The van der Waals surface area contributed by atoms with Gasteiger partial charge in [-0.2, -0.15) is 15.3 Å². The maximum atomic E-state index is 12.5. The number of carbonyl (C=O) groups excluding carboxylic acids is 1. The molecule has 0 aliphatic heterocycles. The molecule has 0 spiro atoms. The number of rotatable bonds is 6. The first-order chi connectivity index (χ1) is 14.0. The third kappa shape index (κ3) is 4.33. The number of nitrogens with zero attached hydrogens (tertiary/aromatic N) is 5. The van der Waals surface area contributed by atoms with Crippen LogP contribution in [0.3, 0.4) is 0 Å². The lowest BCUT2D eigenvalue weighted by atomic mass is 10.1. The van der Waals surface area contributed by atoms with Gasteiger partial charge in [0, 0.05) is 30.1 Å². The molecule has 0 atom stereocenters. The van der Waals surface area contributed by atoms with E-state index >= 15 is 0 Å². The Kier molecular flexibility index (Phi) is 5.37. The van der Waals surface area contributed by atoms with Gasteiger partial charge in [-0.15, -0.1) is 0 Å². The number of anilines is 1. The molecule has 8 nitrogen and oxygen atoms in total. The van der Waals surface area contributed by atoms with Gasteiger partial charge in [0.05, 0.1) is 40.4 Å². The highest BCUT2D eigenvalue weighted by Crippen LogP contribution is 2.27. The van der Waals surface area contributed by atoms with Crippen molar-refractivity contribution in [1.82, 2.24) is 29.8 Å². The first-order valence-electron chi connectivity index (χ1n) is 8.88. The van der Waals surface area contributed by atoms with Crippen LogP contribution in [0.1, 0.15) is 23.0 Å². The number of nitrogens with one attached hydrogen (secondary N) is 2. The van der Waals surface area contributed by atoms with Crippen molar-refractivity contribution in [1.29, 1.82) is 0 Å². The number of benzene rings is 1. The van der Waals surface area contributed by atoms with E-state index in [4.69, 9.17) is 23.2 Å². The van der Waals surface area contributed by atoms with Gasteiger partial charge in [0.25, 0.3) is 5.91 Å². The quantitative estimate of drug-likeness (QED) is 0.482. The number of aryl methyl sites for hydroxylation is 1. The van der Waals surface area contributed by atoms with Crippen LogP contribution in [0, 0.1) is 0 Å². The minimum Gasteiger partial charge on any atom is -0.318 e. The third-order valence-electron chi connectivity index (χ3n) is 4.28. The van der Waals surface area contributed by atoms with E-state index in [0.29, 0.717) is 33.7 Å². The van der Waals surface area contributed by atoms with Crippen LogP contribution >= 0.6 is 23.2 Å². The van der Waals surface area contributed by atoms with Crippen molar-refractivity contribution < 1.29 is 4.79 Å². The molecule has 4 rings (SSSR count). The number of hydrogen-bond donors (Lipinski definition) is 2. The zero-order valence-electron chi connectivity index (χ0n) is 15.4.